The van der Waals surface area contributed by atoms with E-state index in [1.165, 1.54) is 0 Å². The average Bonchev–Trinajstić information content (AvgIpc) is 3.16. The Labute approximate surface area is 329 Å². The van der Waals surface area contributed by atoms with E-state index in [0.29, 0.717) is 0 Å². The molecule has 0 bridgehead atoms. The minimum Gasteiger partial charge on any atom is -0.508 e. The molecule has 6 aromatic rings. The smallest absolute Gasteiger partial charge is 0.116 e. The Hall–Kier alpha value is -7.32. The predicted octanol–water partition coefficient (Wildman–Crippen LogP) is 8.89. The van der Waals surface area contributed by atoms with Crippen molar-refractivity contribution in [3.63, 3.8) is 0 Å². The molecule has 0 saturated carbocycles. The van der Waals surface area contributed by atoms with Gasteiger partial charge in [0.25, 0.3) is 0 Å². The van der Waals surface area contributed by atoms with Gasteiger partial charge in [-0.15, -0.1) is 0 Å². The molecule has 6 rings (SSSR count). The Kier molecular flexibility index (Phi) is 19.7. The van der Waals surface area contributed by atoms with E-state index in [1.807, 2.05) is 60.7 Å². The summed E-state index contributed by atoms with van der Waals surface area (Å²) in [7, 11) is 0. The Balaban J connectivity index is 0.000000283. The van der Waals surface area contributed by atoms with Crippen LogP contribution in [-0.2, 0) is 18.6 Å². The molecule has 4 N–H and O–H groups in total. The zero-order valence-corrected chi connectivity index (χ0v) is 29.7. The van der Waals surface area contributed by atoms with Gasteiger partial charge in [0.05, 0.1) is 11.4 Å². The van der Waals surface area contributed by atoms with Crippen LogP contribution in [0.2, 0.25) is 0 Å². The van der Waals surface area contributed by atoms with E-state index < -0.39 is 0 Å². The number of phenolic OH excluding ortho intramolecular Hbond substituents is 4. The van der Waals surface area contributed by atoms with Crippen LogP contribution < -0.4 is 0 Å². The first kappa shape index (κ1) is 42.9. The van der Waals surface area contributed by atoms with Crippen LogP contribution in [0.15, 0.2) is 170 Å². The molecule has 0 aliphatic heterocycles. The van der Waals surface area contributed by atoms with Gasteiger partial charge in [-0.1, -0.05) is 91.2 Å². The quantitative estimate of drug-likeness (QED) is 0.125. The number of benzene rings is 4. The summed E-state index contributed by atoms with van der Waals surface area (Å²) in [6, 6.07) is 38.6. The van der Waals surface area contributed by atoms with Gasteiger partial charge >= 0.3 is 0 Å². The second-order valence-electron chi connectivity index (χ2n) is 10.4. The SMILES string of the molecule is C.Oc1cccc(C#C/C=C\C#Cc2cccc(O)c2)c1.Oc1cccc(C#CC=CC#Cc2cccc(O)c2)c1.[V].c1ccc(-c2ccccn2)nc1. The van der Waals surface area contributed by atoms with Crippen LogP contribution in [0, 0.1) is 47.4 Å². The molecule has 1 radical (unpaired) electrons. The molecular formula is C47H36N2O4V. The van der Waals surface area contributed by atoms with E-state index in [-0.39, 0.29) is 49.0 Å². The van der Waals surface area contributed by atoms with Gasteiger partial charge in [0.15, 0.2) is 0 Å². The van der Waals surface area contributed by atoms with Gasteiger partial charge in [0, 0.05) is 53.2 Å². The molecular weight excluding hydrogens is 707 g/mol. The topological polar surface area (TPSA) is 107 Å². The molecule has 0 aliphatic carbocycles. The van der Waals surface area contributed by atoms with E-state index in [1.54, 1.807) is 109 Å². The van der Waals surface area contributed by atoms with Gasteiger partial charge in [0.1, 0.15) is 23.0 Å². The van der Waals surface area contributed by atoms with E-state index in [9.17, 15) is 20.4 Å². The van der Waals surface area contributed by atoms with Gasteiger partial charge in [-0.25, -0.2) is 0 Å². The summed E-state index contributed by atoms with van der Waals surface area (Å²) in [5.41, 5.74) is 4.81. The summed E-state index contributed by atoms with van der Waals surface area (Å²) in [5, 5.41) is 37.1. The van der Waals surface area contributed by atoms with Crippen LogP contribution in [-0.4, -0.2) is 30.4 Å². The van der Waals surface area contributed by atoms with E-state index in [4.69, 9.17) is 0 Å². The number of aromatic hydroxyl groups is 4. The first-order valence-electron chi connectivity index (χ1n) is 15.8. The first-order valence-corrected chi connectivity index (χ1v) is 15.8. The Morgan fingerprint density at radius 2 is 0.648 bits per heavy atom. The molecule has 2 heterocycles. The van der Waals surface area contributed by atoms with Crippen LogP contribution in [0.3, 0.4) is 0 Å². The molecule has 4 aromatic carbocycles. The number of hydrogen-bond donors (Lipinski definition) is 4. The summed E-state index contributed by atoms with van der Waals surface area (Å²) in [5.74, 6) is 23.7. The van der Waals surface area contributed by atoms with E-state index in [2.05, 4.69) is 57.3 Å². The zero-order chi connectivity index (χ0) is 36.6. The summed E-state index contributed by atoms with van der Waals surface area (Å²) in [6.07, 6.45) is 10.1. The van der Waals surface area contributed by atoms with Crippen molar-refractivity contribution >= 4 is 0 Å². The van der Waals surface area contributed by atoms with Crippen LogP contribution >= 0.6 is 0 Å². The van der Waals surface area contributed by atoms with Gasteiger partial charge in [0.2, 0.25) is 0 Å². The Morgan fingerprint density at radius 3 is 0.870 bits per heavy atom. The minimum absolute atomic E-state index is 0. The number of allylic oxidation sites excluding steroid dienone is 4. The summed E-state index contributed by atoms with van der Waals surface area (Å²) in [4.78, 5) is 8.37. The van der Waals surface area contributed by atoms with Crippen LogP contribution in [0.1, 0.15) is 29.7 Å². The van der Waals surface area contributed by atoms with E-state index in [0.717, 1.165) is 33.6 Å². The molecule has 0 unspecified atom stereocenters. The van der Waals surface area contributed by atoms with Crippen molar-refractivity contribution in [1.29, 1.82) is 0 Å². The van der Waals surface area contributed by atoms with Gasteiger partial charge in [-0.3, -0.25) is 9.97 Å². The summed E-state index contributed by atoms with van der Waals surface area (Å²) >= 11 is 0. The van der Waals surface area contributed by atoms with Crippen molar-refractivity contribution in [3.05, 3.63) is 192 Å². The third-order valence-corrected chi connectivity index (χ3v) is 6.34. The number of pyridine rings is 2. The molecule has 2 aromatic heterocycles. The van der Waals surface area contributed by atoms with Gasteiger partial charge < -0.3 is 20.4 Å². The molecule has 0 aliphatic rings. The largest absolute Gasteiger partial charge is 0.508 e. The Morgan fingerprint density at radius 1 is 0.370 bits per heavy atom. The standard InChI is InChI=1S/2C18H12O2.C10H8N2.CH4.V/c2*19-17-11-5-9-15(13-17)7-3-1-2-4-8-16-10-6-12-18(20)14-16;1-3-7-11-9(5-1)10-6-2-4-8-12-10;;/h2*1-2,5-6,9-14,19-20H;1-8H;1H4;/b2-1-;;;;. The maximum absolute atomic E-state index is 9.27. The maximum atomic E-state index is 9.27. The van der Waals surface area contributed by atoms with Crippen molar-refractivity contribution in [2.24, 2.45) is 0 Å². The normalized spacial score (nSPS) is 9.11. The number of phenols is 4. The Bertz CT molecular complexity index is 2080. The summed E-state index contributed by atoms with van der Waals surface area (Å²) in [6.45, 7) is 0. The number of aromatic nitrogens is 2. The van der Waals surface area contributed by atoms with Gasteiger partial charge in [-0.05, 0) is 121 Å². The second kappa shape index (κ2) is 24.8. The van der Waals surface area contributed by atoms with Crippen molar-refractivity contribution in [3.8, 4) is 81.7 Å². The van der Waals surface area contributed by atoms with Crippen LogP contribution in [0.4, 0.5) is 0 Å². The van der Waals surface area contributed by atoms with E-state index >= 15 is 0 Å². The van der Waals surface area contributed by atoms with Crippen molar-refractivity contribution in [1.82, 2.24) is 9.97 Å². The molecule has 6 nitrogen and oxygen atoms in total. The number of hydrogen-bond acceptors (Lipinski definition) is 6. The molecule has 0 spiro atoms. The summed E-state index contributed by atoms with van der Waals surface area (Å²) < 4.78 is 0. The van der Waals surface area contributed by atoms with Gasteiger partial charge in [-0.2, -0.15) is 0 Å². The fraction of sp³-hybridized carbons (Fsp3) is 0.0213. The molecule has 263 valence electrons. The molecule has 54 heavy (non-hydrogen) atoms. The number of nitrogens with zero attached hydrogens (tertiary/aromatic N) is 2. The zero-order valence-electron chi connectivity index (χ0n) is 28.3. The van der Waals surface area contributed by atoms with Crippen molar-refractivity contribution < 1.29 is 39.0 Å². The monoisotopic (exact) mass is 743 g/mol. The molecule has 0 atom stereocenters. The van der Waals surface area contributed by atoms with Crippen molar-refractivity contribution in [2.45, 2.75) is 7.43 Å². The molecule has 0 amide bonds. The maximum Gasteiger partial charge on any atom is 0.116 e. The van der Waals surface area contributed by atoms with Crippen LogP contribution in [0.25, 0.3) is 11.4 Å². The minimum atomic E-state index is 0. The fourth-order valence-corrected chi connectivity index (χ4v) is 4.03. The third kappa shape index (κ3) is 17.1. The fourth-order valence-electron chi connectivity index (χ4n) is 4.03. The van der Waals surface area contributed by atoms with Crippen molar-refractivity contribution in [2.75, 3.05) is 0 Å². The molecule has 7 heteroatoms. The average molecular weight is 744 g/mol. The number of rotatable bonds is 1. The molecule has 0 fully saturated rings. The first-order chi connectivity index (χ1) is 25.4. The molecule has 0 saturated heterocycles. The second-order valence-corrected chi connectivity index (χ2v) is 10.4. The predicted molar refractivity (Wildman–Crippen MR) is 212 cm³/mol. The third-order valence-electron chi connectivity index (χ3n) is 6.34. The van der Waals surface area contributed by atoms with Crippen LogP contribution in [0.5, 0.6) is 23.0 Å².